The van der Waals surface area contributed by atoms with Crippen LogP contribution in [0.1, 0.15) is 11.3 Å². The van der Waals surface area contributed by atoms with E-state index in [-0.39, 0.29) is 0 Å². The zero-order valence-electron chi connectivity index (χ0n) is 9.95. The van der Waals surface area contributed by atoms with Crippen molar-refractivity contribution >= 4 is 40.5 Å². The first kappa shape index (κ1) is 14.2. The summed E-state index contributed by atoms with van der Waals surface area (Å²) in [5, 5.41) is 7.90. The minimum atomic E-state index is 0.542. The van der Waals surface area contributed by atoms with Crippen LogP contribution >= 0.6 is 35.4 Å². The molecule has 0 saturated carbocycles. The number of thiocarbonyl (C=S) groups is 1. The first-order valence-corrected chi connectivity index (χ1v) is 6.79. The van der Waals surface area contributed by atoms with Crippen molar-refractivity contribution in [2.45, 2.75) is 13.1 Å². The van der Waals surface area contributed by atoms with Gasteiger partial charge in [0.1, 0.15) is 5.76 Å². The fourth-order valence-corrected chi connectivity index (χ4v) is 2.10. The van der Waals surface area contributed by atoms with E-state index < -0.39 is 0 Å². The fraction of sp³-hybridized carbons (Fsp3) is 0.154. The SMILES string of the molecule is S=C(NCc1ccco1)NCc1ccc(Cl)cc1Cl. The van der Waals surface area contributed by atoms with Crippen LogP contribution in [0.5, 0.6) is 0 Å². The van der Waals surface area contributed by atoms with Crippen molar-refractivity contribution in [3.05, 3.63) is 58.0 Å². The predicted molar refractivity (Wildman–Crippen MR) is 81.4 cm³/mol. The second-order valence-electron chi connectivity index (χ2n) is 3.85. The molecule has 1 aromatic heterocycles. The summed E-state index contributed by atoms with van der Waals surface area (Å²) < 4.78 is 5.19. The molecule has 19 heavy (non-hydrogen) atoms. The molecule has 0 aliphatic carbocycles. The van der Waals surface area contributed by atoms with E-state index in [1.54, 1.807) is 18.4 Å². The van der Waals surface area contributed by atoms with Gasteiger partial charge in [-0.3, -0.25) is 0 Å². The molecular weight excluding hydrogens is 303 g/mol. The largest absolute Gasteiger partial charge is 0.467 e. The quantitative estimate of drug-likeness (QED) is 0.843. The van der Waals surface area contributed by atoms with E-state index in [0.29, 0.717) is 28.2 Å². The molecule has 3 nitrogen and oxygen atoms in total. The van der Waals surface area contributed by atoms with Gasteiger partial charge in [-0.1, -0.05) is 29.3 Å². The number of nitrogens with one attached hydrogen (secondary N) is 2. The molecule has 0 aliphatic heterocycles. The molecule has 100 valence electrons. The number of hydrogen-bond acceptors (Lipinski definition) is 2. The Balaban J connectivity index is 1.80. The van der Waals surface area contributed by atoms with Crippen LogP contribution in [-0.4, -0.2) is 5.11 Å². The van der Waals surface area contributed by atoms with E-state index in [0.717, 1.165) is 11.3 Å². The minimum absolute atomic E-state index is 0.542. The first-order valence-electron chi connectivity index (χ1n) is 5.63. The first-order chi connectivity index (χ1) is 9.15. The maximum absolute atomic E-state index is 6.07. The minimum Gasteiger partial charge on any atom is -0.467 e. The third kappa shape index (κ3) is 4.42. The van der Waals surface area contributed by atoms with Crippen LogP contribution in [0.25, 0.3) is 0 Å². The summed E-state index contributed by atoms with van der Waals surface area (Å²) in [4.78, 5) is 0. The van der Waals surface area contributed by atoms with Gasteiger partial charge in [0.05, 0.1) is 12.8 Å². The Bertz CT molecular complexity index is 558. The van der Waals surface area contributed by atoms with Crippen LogP contribution in [0, 0.1) is 0 Å². The lowest BCUT2D eigenvalue weighted by Crippen LogP contribution is -2.34. The van der Waals surface area contributed by atoms with E-state index in [1.807, 2.05) is 18.2 Å². The van der Waals surface area contributed by atoms with Crippen molar-refractivity contribution in [1.82, 2.24) is 10.6 Å². The molecule has 2 rings (SSSR count). The van der Waals surface area contributed by atoms with Crippen molar-refractivity contribution in [1.29, 1.82) is 0 Å². The molecule has 0 spiro atoms. The lowest BCUT2D eigenvalue weighted by Gasteiger charge is -2.10. The van der Waals surface area contributed by atoms with Gasteiger partial charge in [-0.05, 0) is 42.0 Å². The fourth-order valence-electron chi connectivity index (χ4n) is 1.48. The average molecular weight is 315 g/mol. The predicted octanol–water partition coefficient (Wildman–Crippen LogP) is 3.75. The van der Waals surface area contributed by atoms with Gasteiger partial charge in [0.25, 0.3) is 0 Å². The van der Waals surface area contributed by atoms with Crippen LogP contribution in [0.4, 0.5) is 0 Å². The Labute approximate surface area is 126 Å². The molecule has 0 fully saturated rings. The maximum Gasteiger partial charge on any atom is 0.166 e. The van der Waals surface area contributed by atoms with Crippen LogP contribution < -0.4 is 10.6 Å². The van der Waals surface area contributed by atoms with E-state index in [2.05, 4.69) is 10.6 Å². The second-order valence-corrected chi connectivity index (χ2v) is 5.10. The molecule has 2 N–H and O–H groups in total. The molecule has 1 aromatic carbocycles. The molecule has 0 unspecified atom stereocenters. The molecule has 0 radical (unpaired) electrons. The summed E-state index contributed by atoms with van der Waals surface area (Å²) in [5.74, 6) is 0.827. The number of hydrogen-bond donors (Lipinski definition) is 2. The van der Waals surface area contributed by atoms with Crippen molar-refractivity contribution < 1.29 is 4.42 Å². The highest BCUT2D eigenvalue weighted by Gasteiger charge is 2.03. The van der Waals surface area contributed by atoms with Gasteiger partial charge in [0.15, 0.2) is 5.11 Å². The van der Waals surface area contributed by atoms with Gasteiger partial charge in [0.2, 0.25) is 0 Å². The molecule has 0 aliphatic rings. The lowest BCUT2D eigenvalue weighted by molar-refractivity contribution is 0.502. The van der Waals surface area contributed by atoms with Crippen molar-refractivity contribution in [3.63, 3.8) is 0 Å². The third-order valence-corrected chi connectivity index (χ3v) is 3.33. The molecule has 0 bridgehead atoms. The molecule has 6 heteroatoms. The van der Waals surface area contributed by atoms with Crippen LogP contribution in [0.2, 0.25) is 10.0 Å². The van der Waals surface area contributed by atoms with Crippen LogP contribution in [-0.2, 0) is 13.1 Å². The Morgan fingerprint density at radius 1 is 1.16 bits per heavy atom. The second kappa shape index (κ2) is 6.80. The summed E-state index contributed by atoms with van der Waals surface area (Å²) in [6.45, 7) is 1.09. The van der Waals surface area contributed by atoms with Crippen molar-refractivity contribution in [2.75, 3.05) is 0 Å². The summed E-state index contributed by atoms with van der Waals surface area (Å²) in [6, 6.07) is 9.09. The van der Waals surface area contributed by atoms with E-state index in [1.165, 1.54) is 0 Å². The van der Waals surface area contributed by atoms with E-state index in [4.69, 9.17) is 39.8 Å². The monoisotopic (exact) mass is 314 g/mol. The van der Waals surface area contributed by atoms with E-state index in [9.17, 15) is 0 Å². The Morgan fingerprint density at radius 3 is 2.63 bits per heavy atom. The Hall–Kier alpha value is -1.23. The summed E-state index contributed by atoms with van der Waals surface area (Å²) >= 11 is 17.1. The molecular formula is C13H12Cl2N2OS. The van der Waals surface area contributed by atoms with Crippen molar-refractivity contribution in [2.24, 2.45) is 0 Å². The zero-order valence-corrected chi connectivity index (χ0v) is 12.3. The molecule has 1 heterocycles. The number of rotatable bonds is 4. The van der Waals surface area contributed by atoms with Crippen LogP contribution in [0.3, 0.4) is 0 Å². The van der Waals surface area contributed by atoms with Gasteiger partial charge < -0.3 is 15.1 Å². The van der Waals surface area contributed by atoms with E-state index >= 15 is 0 Å². The smallest absolute Gasteiger partial charge is 0.166 e. The highest BCUT2D eigenvalue weighted by molar-refractivity contribution is 7.80. The normalized spacial score (nSPS) is 10.2. The highest BCUT2D eigenvalue weighted by Crippen LogP contribution is 2.20. The highest BCUT2D eigenvalue weighted by atomic mass is 35.5. The lowest BCUT2D eigenvalue weighted by atomic mass is 10.2. The van der Waals surface area contributed by atoms with Crippen LogP contribution in [0.15, 0.2) is 41.0 Å². The molecule has 0 saturated heterocycles. The number of halogens is 2. The summed E-state index contributed by atoms with van der Waals surface area (Å²) in [7, 11) is 0. The molecule has 0 amide bonds. The topological polar surface area (TPSA) is 37.2 Å². The zero-order chi connectivity index (χ0) is 13.7. The number of furan rings is 1. The average Bonchev–Trinajstić information content (AvgIpc) is 2.88. The Kier molecular flexibility index (Phi) is 5.07. The standard InChI is InChI=1S/C13H12Cl2N2OS/c14-10-4-3-9(12(15)6-10)7-16-13(19)17-8-11-2-1-5-18-11/h1-6H,7-8H2,(H2,16,17,19). The number of benzene rings is 1. The van der Waals surface area contributed by atoms with Crippen molar-refractivity contribution in [3.8, 4) is 0 Å². The molecule has 0 atom stereocenters. The van der Waals surface area contributed by atoms with Gasteiger partial charge in [-0.15, -0.1) is 0 Å². The Morgan fingerprint density at radius 2 is 1.95 bits per heavy atom. The van der Waals surface area contributed by atoms with Gasteiger partial charge in [-0.2, -0.15) is 0 Å². The van der Waals surface area contributed by atoms with Gasteiger partial charge in [0, 0.05) is 16.6 Å². The van der Waals surface area contributed by atoms with Gasteiger partial charge in [-0.25, -0.2) is 0 Å². The summed E-state index contributed by atoms with van der Waals surface area (Å²) in [6.07, 6.45) is 1.63. The molecule has 2 aromatic rings. The summed E-state index contributed by atoms with van der Waals surface area (Å²) in [5.41, 5.74) is 0.938. The maximum atomic E-state index is 6.07. The third-order valence-electron chi connectivity index (χ3n) is 2.46. The van der Waals surface area contributed by atoms with Gasteiger partial charge >= 0.3 is 0 Å².